The largest absolute Gasteiger partial charge is 0.276 e. The Morgan fingerprint density at radius 1 is 1.35 bits per heavy atom. The third kappa shape index (κ3) is 2.72. The van der Waals surface area contributed by atoms with E-state index in [1.807, 2.05) is 31.4 Å². The minimum atomic E-state index is 0.103. The lowest BCUT2D eigenvalue weighted by Crippen LogP contribution is -2.30. The van der Waals surface area contributed by atoms with Crippen molar-refractivity contribution < 1.29 is 0 Å². The molecule has 3 N–H and O–H groups in total. The van der Waals surface area contributed by atoms with Gasteiger partial charge in [-0.05, 0) is 24.1 Å². The highest BCUT2D eigenvalue weighted by Gasteiger charge is 2.13. The molecule has 0 fully saturated rings. The number of hydrazine groups is 1. The minimum absolute atomic E-state index is 0.103. The third-order valence-electron chi connectivity index (χ3n) is 2.95. The van der Waals surface area contributed by atoms with Crippen LogP contribution in [-0.2, 0) is 13.5 Å². The Labute approximate surface area is 101 Å². The number of nitrogens with one attached hydrogen (secondary N) is 1. The smallest absolute Gasteiger partial charge is 0.0643 e. The molecular formula is C13H18N4. The van der Waals surface area contributed by atoms with Crippen LogP contribution in [0.25, 0.3) is 0 Å². The monoisotopic (exact) mass is 230 g/mol. The fourth-order valence-corrected chi connectivity index (χ4v) is 2.02. The number of aromatic nitrogens is 2. The molecule has 2 aromatic rings. The maximum absolute atomic E-state index is 5.64. The third-order valence-corrected chi connectivity index (χ3v) is 2.95. The van der Waals surface area contributed by atoms with Gasteiger partial charge in [-0.2, -0.15) is 5.10 Å². The van der Waals surface area contributed by atoms with Crippen LogP contribution in [0.1, 0.15) is 22.9 Å². The van der Waals surface area contributed by atoms with Gasteiger partial charge in [0.25, 0.3) is 0 Å². The normalized spacial score (nSPS) is 12.6. The van der Waals surface area contributed by atoms with Crippen LogP contribution in [0.4, 0.5) is 0 Å². The van der Waals surface area contributed by atoms with Gasteiger partial charge < -0.3 is 0 Å². The maximum atomic E-state index is 5.64. The summed E-state index contributed by atoms with van der Waals surface area (Å²) in [5.41, 5.74) is 6.37. The summed E-state index contributed by atoms with van der Waals surface area (Å²) in [6.45, 7) is 2.10. The molecule has 4 heteroatoms. The molecule has 1 unspecified atom stereocenters. The molecular weight excluding hydrogens is 212 g/mol. The van der Waals surface area contributed by atoms with E-state index in [0.717, 1.165) is 12.1 Å². The second-order valence-electron chi connectivity index (χ2n) is 4.26. The van der Waals surface area contributed by atoms with E-state index in [9.17, 15) is 0 Å². The number of hydrogen-bond donors (Lipinski definition) is 2. The lowest BCUT2D eigenvalue weighted by molar-refractivity contribution is 0.539. The number of benzene rings is 1. The van der Waals surface area contributed by atoms with Crippen molar-refractivity contribution in [1.29, 1.82) is 0 Å². The molecule has 90 valence electrons. The van der Waals surface area contributed by atoms with E-state index < -0.39 is 0 Å². The molecule has 0 saturated carbocycles. The molecule has 0 amide bonds. The number of aryl methyl sites for hydroxylation is 2. The van der Waals surface area contributed by atoms with Crippen LogP contribution in [0.5, 0.6) is 0 Å². The lowest BCUT2D eigenvalue weighted by atomic mass is 9.98. The Kier molecular flexibility index (Phi) is 3.56. The Balaban J connectivity index is 2.20. The van der Waals surface area contributed by atoms with E-state index in [0.29, 0.717) is 0 Å². The Morgan fingerprint density at radius 3 is 2.71 bits per heavy atom. The van der Waals surface area contributed by atoms with Crippen LogP contribution in [0.2, 0.25) is 0 Å². The van der Waals surface area contributed by atoms with Crippen molar-refractivity contribution in [3.05, 3.63) is 53.3 Å². The van der Waals surface area contributed by atoms with Gasteiger partial charge in [0.15, 0.2) is 0 Å². The second-order valence-corrected chi connectivity index (χ2v) is 4.26. The van der Waals surface area contributed by atoms with Gasteiger partial charge in [0, 0.05) is 19.7 Å². The summed E-state index contributed by atoms with van der Waals surface area (Å²) in [4.78, 5) is 0. The molecule has 0 spiro atoms. The highest BCUT2D eigenvalue weighted by Crippen LogP contribution is 2.20. The summed E-state index contributed by atoms with van der Waals surface area (Å²) in [7, 11) is 1.92. The molecule has 0 aliphatic heterocycles. The van der Waals surface area contributed by atoms with E-state index in [-0.39, 0.29) is 6.04 Å². The zero-order chi connectivity index (χ0) is 12.3. The van der Waals surface area contributed by atoms with Gasteiger partial charge in [0.1, 0.15) is 0 Å². The average Bonchev–Trinajstić information content (AvgIpc) is 2.73. The predicted octanol–water partition coefficient (Wildman–Crippen LogP) is 1.48. The predicted molar refractivity (Wildman–Crippen MR) is 68.2 cm³/mol. The van der Waals surface area contributed by atoms with Crippen molar-refractivity contribution >= 4 is 0 Å². The highest BCUT2D eigenvalue weighted by atomic mass is 15.3. The topological polar surface area (TPSA) is 55.9 Å². The molecule has 1 aromatic carbocycles. The molecule has 0 saturated heterocycles. The summed E-state index contributed by atoms with van der Waals surface area (Å²) >= 11 is 0. The number of nitrogens with two attached hydrogens (primary N) is 1. The van der Waals surface area contributed by atoms with Gasteiger partial charge in [-0.3, -0.25) is 16.0 Å². The van der Waals surface area contributed by atoms with Gasteiger partial charge in [-0.1, -0.05) is 24.3 Å². The molecule has 1 aromatic heterocycles. The van der Waals surface area contributed by atoms with Crippen LogP contribution in [0.15, 0.2) is 36.5 Å². The van der Waals surface area contributed by atoms with E-state index in [1.54, 1.807) is 4.68 Å². The quantitative estimate of drug-likeness (QED) is 0.618. The SMILES string of the molecule is Cc1ccccc1C(Cc1ccn(C)n1)NN. The minimum Gasteiger partial charge on any atom is -0.276 e. The summed E-state index contributed by atoms with van der Waals surface area (Å²) in [6, 6.07) is 10.4. The van der Waals surface area contributed by atoms with Crippen molar-refractivity contribution in [2.75, 3.05) is 0 Å². The van der Waals surface area contributed by atoms with E-state index in [4.69, 9.17) is 5.84 Å². The van der Waals surface area contributed by atoms with Crippen molar-refractivity contribution in [3.8, 4) is 0 Å². The molecule has 1 atom stereocenters. The zero-order valence-electron chi connectivity index (χ0n) is 10.2. The Hall–Kier alpha value is -1.65. The molecule has 4 nitrogen and oxygen atoms in total. The first-order chi connectivity index (χ1) is 8.20. The van der Waals surface area contributed by atoms with E-state index in [1.165, 1.54) is 11.1 Å². The van der Waals surface area contributed by atoms with Gasteiger partial charge in [-0.25, -0.2) is 0 Å². The Bertz CT molecular complexity index is 490. The first-order valence-electron chi connectivity index (χ1n) is 5.71. The van der Waals surface area contributed by atoms with Crippen molar-refractivity contribution in [2.24, 2.45) is 12.9 Å². The first-order valence-corrected chi connectivity index (χ1v) is 5.71. The number of hydrogen-bond acceptors (Lipinski definition) is 3. The van der Waals surface area contributed by atoms with Crippen molar-refractivity contribution in [1.82, 2.24) is 15.2 Å². The van der Waals surface area contributed by atoms with Crippen LogP contribution >= 0.6 is 0 Å². The lowest BCUT2D eigenvalue weighted by Gasteiger charge is -2.17. The molecule has 0 bridgehead atoms. The van der Waals surface area contributed by atoms with Crippen LogP contribution in [0.3, 0.4) is 0 Å². The van der Waals surface area contributed by atoms with Gasteiger partial charge in [0.2, 0.25) is 0 Å². The standard InChI is InChI=1S/C13H18N4/c1-10-5-3-4-6-12(10)13(15-14)9-11-7-8-17(2)16-11/h3-8,13,15H,9,14H2,1-2H3. The molecule has 1 heterocycles. The summed E-state index contributed by atoms with van der Waals surface area (Å²) < 4.78 is 1.81. The number of nitrogens with zero attached hydrogens (tertiary/aromatic N) is 2. The van der Waals surface area contributed by atoms with Gasteiger partial charge in [0.05, 0.1) is 11.7 Å². The fourth-order valence-electron chi connectivity index (χ4n) is 2.02. The van der Waals surface area contributed by atoms with Crippen molar-refractivity contribution in [2.45, 2.75) is 19.4 Å². The fraction of sp³-hybridized carbons (Fsp3) is 0.308. The molecule has 0 aliphatic rings. The molecule has 17 heavy (non-hydrogen) atoms. The van der Waals surface area contributed by atoms with Crippen LogP contribution < -0.4 is 11.3 Å². The van der Waals surface area contributed by atoms with Crippen LogP contribution in [0, 0.1) is 6.92 Å². The Morgan fingerprint density at radius 2 is 2.12 bits per heavy atom. The summed E-state index contributed by atoms with van der Waals surface area (Å²) in [6.07, 6.45) is 2.74. The summed E-state index contributed by atoms with van der Waals surface area (Å²) in [5, 5.41) is 4.37. The van der Waals surface area contributed by atoms with E-state index >= 15 is 0 Å². The molecule has 0 aliphatic carbocycles. The second kappa shape index (κ2) is 5.12. The van der Waals surface area contributed by atoms with Gasteiger partial charge >= 0.3 is 0 Å². The van der Waals surface area contributed by atoms with Crippen LogP contribution in [-0.4, -0.2) is 9.78 Å². The summed E-state index contributed by atoms with van der Waals surface area (Å²) in [5.74, 6) is 5.64. The molecule has 0 radical (unpaired) electrons. The average molecular weight is 230 g/mol. The maximum Gasteiger partial charge on any atom is 0.0643 e. The molecule has 2 rings (SSSR count). The van der Waals surface area contributed by atoms with Crippen molar-refractivity contribution in [3.63, 3.8) is 0 Å². The van der Waals surface area contributed by atoms with Gasteiger partial charge in [-0.15, -0.1) is 0 Å². The number of rotatable bonds is 4. The highest BCUT2D eigenvalue weighted by molar-refractivity contribution is 5.29. The zero-order valence-corrected chi connectivity index (χ0v) is 10.2. The first kappa shape index (κ1) is 11.8. The van der Waals surface area contributed by atoms with E-state index in [2.05, 4.69) is 29.6 Å².